The summed E-state index contributed by atoms with van der Waals surface area (Å²) in [5.74, 6) is 0.814. The van der Waals surface area contributed by atoms with E-state index in [1.54, 1.807) is 9.47 Å². The first-order chi connectivity index (χ1) is 10.7. The number of carbonyl (C=O) groups is 1. The molecule has 112 valence electrons. The van der Waals surface area contributed by atoms with Gasteiger partial charge in [-0.3, -0.25) is 4.90 Å². The highest BCUT2D eigenvalue weighted by molar-refractivity contribution is 5.67. The normalized spacial score (nSPS) is 13.3. The molecule has 2 N–H and O–H groups in total. The Balaban J connectivity index is 1.64. The van der Waals surface area contributed by atoms with E-state index in [4.69, 9.17) is 15.7 Å². The van der Waals surface area contributed by atoms with Gasteiger partial charge in [-0.25, -0.2) is 9.78 Å². The molecule has 1 aromatic carbocycles. The number of rotatable bonds is 2. The van der Waals surface area contributed by atoms with Gasteiger partial charge in [-0.2, -0.15) is 5.26 Å². The third-order valence-corrected chi connectivity index (χ3v) is 3.57. The number of nitrogens with zero attached hydrogens (tertiary/aromatic N) is 4. The number of nitrogens with two attached hydrogens (primary N) is 1. The first kappa shape index (κ1) is 13.9. The smallest absolute Gasteiger partial charge is 0.410 e. The standard InChI is InChI=1S/C15H15N5O2/c16-8-12-14(17)18-13-9-19(6-7-20(12)13)15(21)22-10-11-4-2-1-3-5-11/h1-5H,6-7,9-10,17H2. The molecular weight excluding hydrogens is 282 g/mol. The molecule has 0 saturated heterocycles. The van der Waals surface area contributed by atoms with Crippen LogP contribution in [-0.4, -0.2) is 27.1 Å². The van der Waals surface area contributed by atoms with Crippen LogP contribution in [0.3, 0.4) is 0 Å². The molecule has 1 aliphatic heterocycles. The van der Waals surface area contributed by atoms with Crippen molar-refractivity contribution in [1.82, 2.24) is 14.5 Å². The quantitative estimate of drug-likeness (QED) is 0.905. The summed E-state index contributed by atoms with van der Waals surface area (Å²) in [5, 5.41) is 9.05. The first-order valence-corrected chi connectivity index (χ1v) is 6.89. The summed E-state index contributed by atoms with van der Waals surface area (Å²) in [6, 6.07) is 11.5. The fraction of sp³-hybridized carbons (Fsp3) is 0.267. The van der Waals surface area contributed by atoms with Crippen molar-refractivity contribution in [2.75, 3.05) is 12.3 Å². The van der Waals surface area contributed by atoms with Crippen molar-refractivity contribution in [1.29, 1.82) is 5.26 Å². The molecule has 0 spiro atoms. The number of amides is 1. The molecule has 3 rings (SSSR count). The number of imidazole rings is 1. The van der Waals surface area contributed by atoms with Crippen LogP contribution in [0.2, 0.25) is 0 Å². The van der Waals surface area contributed by atoms with E-state index < -0.39 is 6.09 Å². The van der Waals surface area contributed by atoms with E-state index >= 15 is 0 Å². The monoisotopic (exact) mass is 297 g/mol. The van der Waals surface area contributed by atoms with Gasteiger partial charge in [0.25, 0.3) is 0 Å². The average Bonchev–Trinajstić information content (AvgIpc) is 2.87. The summed E-state index contributed by atoms with van der Waals surface area (Å²) in [5.41, 5.74) is 6.99. The lowest BCUT2D eigenvalue weighted by Gasteiger charge is -2.27. The molecule has 0 saturated carbocycles. The molecule has 1 aliphatic rings. The Hall–Kier alpha value is -3.01. The van der Waals surface area contributed by atoms with Crippen molar-refractivity contribution in [2.24, 2.45) is 0 Å². The second-order valence-electron chi connectivity index (χ2n) is 4.99. The van der Waals surface area contributed by atoms with Crippen molar-refractivity contribution < 1.29 is 9.53 Å². The molecule has 2 heterocycles. The van der Waals surface area contributed by atoms with Crippen molar-refractivity contribution in [3.8, 4) is 6.07 Å². The molecule has 7 heteroatoms. The Morgan fingerprint density at radius 2 is 2.14 bits per heavy atom. The van der Waals surface area contributed by atoms with Gasteiger partial charge in [0.2, 0.25) is 0 Å². The average molecular weight is 297 g/mol. The number of hydrogen-bond acceptors (Lipinski definition) is 5. The summed E-state index contributed by atoms with van der Waals surface area (Å²) in [7, 11) is 0. The second-order valence-corrected chi connectivity index (χ2v) is 4.99. The molecule has 0 bridgehead atoms. The Bertz CT molecular complexity index is 732. The molecule has 0 radical (unpaired) electrons. The summed E-state index contributed by atoms with van der Waals surface area (Å²) < 4.78 is 7.05. The molecule has 0 aliphatic carbocycles. The zero-order chi connectivity index (χ0) is 15.5. The maximum atomic E-state index is 12.1. The molecule has 1 amide bonds. The number of ether oxygens (including phenoxy) is 1. The van der Waals surface area contributed by atoms with Crippen molar-refractivity contribution in [2.45, 2.75) is 19.7 Å². The molecule has 7 nitrogen and oxygen atoms in total. The lowest BCUT2D eigenvalue weighted by Crippen LogP contribution is -2.39. The van der Waals surface area contributed by atoms with Crippen LogP contribution >= 0.6 is 0 Å². The molecule has 0 atom stereocenters. The van der Waals surface area contributed by atoms with E-state index in [1.807, 2.05) is 36.4 Å². The van der Waals surface area contributed by atoms with E-state index in [0.29, 0.717) is 31.2 Å². The van der Waals surface area contributed by atoms with Gasteiger partial charge >= 0.3 is 6.09 Å². The van der Waals surface area contributed by atoms with E-state index in [9.17, 15) is 4.79 Å². The number of hydrogen-bond donors (Lipinski definition) is 1. The summed E-state index contributed by atoms with van der Waals surface area (Å²) >= 11 is 0. The SMILES string of the molecule is N#Cc1c(N)nc2n1CCN(C(=O)OCc1ccccc1)C2. The van der Waals surface area contributed by atoms with Gasteiger partial charge in [0.05, 0.1) is 6.54 Å². The summed E-state index contributed by atoms with van der Waals surface area (Å²) in [6.07, 6.45) is -0.393. The highest BCUT2D eigenvalue weighted by Crippen LogP contribution is 2.19. The highest BCUT2D eigenvalue weighted by Gasteiger charge is 2.26. The molecule has 1 aromatic heterocycles. The second kappa shape index (κ2) is 5.77. The lowest BCUT2D eigenvalue weighted by molar-refractivity contribution is 0.0861. The van der Waals surface area contributed by atoms with Crippen LogP contribution in [0.5, 0.6) is 0 Å². The minimum atomic E-state index is -0.393. The summed E-state index contributed by atoms with van der Waals surface area (Å²) in [6.45, 7) is 1.48. The predicted octanol–water partition coefficient (Wildman–Crippen LogP) is 1.49. The number of aromatic nitrogens is 2. The van der Waals surface area contributed by atoms with Gasteiger partial charge < -0.3 is 15.0 Å². The minimum Gasteiger partial charge on any atom is -0.445 e. The fourth-order valence-corrected chi connectivity index (χ4v) is 2.44. The van der Waals surface area contributed by atoms with Gasteiger partial charge in [-0.1, -0.05) is 30.3 Å². The minimum absolute atomic E-state index is 0.206. The van der Waals surface area contributed by atoms with Crippen LogP contribution in [0.1, 0.15) is 17.1 Å². The topological polar surface area (TPSA) is 97.2 Å². The van der Waals surface area contributed by atoms with Crippen molar-refractivity contribution in [3.05, 3.63) is 47.4 Å². The zero-order valence-electron chi connectivity index (χ0n) is 11.9. The summed E-state index contributed by atoms with van der Waals surface area (Å²) in [4.78, 5) is 17.8. The van der Waals surface area contributed by atoms with Gasteiger partial charge in [0.15, 0.2) is 11.5 Å². The molecule has 22 heavy (non-hydrogen) atoms. The van der Waals surface area contributed by atoms with E-state index in [0.717, 1.165) is 5.56 Å². The largest absolute Gasteiger partial charge is 0.445 e. The van der Waals surface area contributed by atoms with Crippen LogP contribution in [0.15, 0.2) is 30.3 Å². The number of benzene rings is 1. The Labute approximate surface area is 127 Å². The highest BCUT2D eigenvalue weighted by atomic mass is 16.6. The zero-order valence-corrected chi connectivity index (χ0v) is 11.9. The third-order valence-electron chi connectivity index (χ3n) is 3.57. The predicted molar refractivity (Wildman–Crippen MR) is 78.4 cm³/mol. The van der Waals surface area contributed by atoms with Crippen LogP contribution in [0.25, 0.3) is 0 Å². The molecular formula is C15H15N5O2. The maximum Gasteiger partial charge on any atom is 0.410 e. The molecule has 0 fully saturated rings. The number of nitriles is 1. The van der Waals surface area contributed by atoms with Gasteiger partial charge in [-0.15, -0.1) is 0 Å². The number of anilines is 1. The van der Waals surface area contributed by atoms with Gasteiger partial charge in [-0.05, 0) is 5.56 Å². The number of fused-ring (bicyclic) bond motifs is 1. The third kappa shape index (κ3) is 2.59. The Morgan fingerprint density at radius 1 is 1.36 bits per heavy atom. The van der Waals surface area contributed by atoms with Gasteiger partial charge in [0.1, 0.15) is 18.5 Å². The maximum absolute atomic E-state index is 12.1. The Kier molecular flexibility index (Phi) is 3.66. The van der Waals surface area contributed by atoms with Gasteiger partial charge in [0, 0.05) is 13.1 Å². The van der Waals surface area contributed by atoms with Crippen molar-refractivity contribution in [3.63, 3.8) is 0 Å². The fourth-order valence-electron chi connectivity index (χ4n) is 2.44. The van der Waals surface area contributed by atoms with Crippen LogP contribution in [-0.2, 0) is 24.4 Å². The number of carbonyl (C=O) groups excluding carboxylic acids is 1. The lowest BCUT2D eigenvalue weighted by atomic mass is 10.2. The van der Waals surface area contributed by atoms with Crippen LogP contribution < -0.4 is 5.73 Å². The molecule has 0 unspecified atom stereocenters. The van der Waals surface area contributed by atoms with E-state index in [1.165, 1.54) is 0 Å². The van der Waals surface area contributed by atoms with Crippen LogP contribution in [0, 0.1) is 11.3 Å². The Morgan fingerprint density at radius 3 is 2.86 bits per heavy atom. The van der Waals surface area contributed by atoms with E-state index in [2.05, 4.69) is 4.98 Å². The molecule has 2 aromatic rings. The first-order valence-electron chi connectivity index (χ1n) is 6.89. The van der Waals surface area contributed by atoms with Crippen molar-refractivity contribution >= 4 is 11.9 Å². The van der Waals surface area contributed by atoms with Crippen LogP contribution in [0.4, 0.5) is 10.6 Å². The number of nitrogen functional groups attached to an aromatic ring is 1. The van der Waals surface area contributed by atoms with E-state index in [-0.39, 0.29) is 12.4 Å².